The molecule has 1 fully saturated rings. The zero-order valence-corrected chi connectivity index (χ0v) is 15.4. The van der Waals surface area contributed by atoms with Crippen molar-refractivity contribution in [1.82, 2.24) is 9.88 Å². The highest BCUT2D eigenvalue weighted by atomic mass is 15.1. The number of nitrogens with one attached hydrogen (secondary N) is 1. The highest BCUT2D eigenvalue weighted by Crippen LogP contribution is 2.05. The number of likely N-dealkylation sites (tertiary alicyclic amines) is 1. The van der Waals surface area contributed by atoms with Gasteiger partial charge in [0.2, 0.25) is 0 Å². The molecule has 3 heteroatoms. The van der Waals surface area contributed by atoms with Gasteiger partial charge in [0.25, 0.3) is 0 Å². The second-order valence-corrected chi connectivity index (χ2v) is 4.58. The lowest BCUT2D eigenvalue weighted by Gasteiger charge is -2.20. The number of aryl methyl sites for hydroxylation is 1. The molecule has 0 saturated carbocycles. The van der Waals surface area contributed by atoms with Crippen molar-refractivity contribution in [3.63, 3.8) is 0 Å². The average Bonchev–Trinajstić information content (AvgIpc) is 2.53. The average molecular weight is 296 g/mol. The molecule has 0 aromatic carbocycles. The fraction of sp³-hybridized carbons (Fsp3) is 0.722. The smallest absolute Gasteiger partial charge is 0.0393 e. The van der Waals surface area contributed by atoms with E-state index in [1.54, 1.807) is 0 Å². The standard InChI is InChI=1S/C8H12N2.C6H13N.2C2H6/c1-3-9-8-4-5-10-7(2)6-8;1-7-5-3-2-4-6-7;2*1-2/h4-6H,3H2,1-2H3,(H,9,10);2-6H2,1H3;2*1-2H3. The minimum absolute atomic E-state index is 0.962. The highest BCUT2D eigenvalue weighted by Gasteiger charge is 2.02. The zero-order chi connectivity index (χ0) is 16.5. The predicted molar refractivity (Wildman–Crippen MR) is 97.2 cm³/mol. The van der Waals surface area contributed by atoms with Gasteiger partial charge in [-0.25, -0.2) is 0 Å². The number of aromatic nitrogens is 1. The van der Waals surface area contributed by atoms with Crippen molar-refractivity contribution in [2.75, 3.05) is 32.0 Å². The number of hydrogen-bond donors (Lipinski definition) is 1. The highest BCUT2D eigenvalue weighted by molar-refractivity contribution is 5.42. The summed E-state index contributed by atoms with van der Waals surface area (Å²) in [5, 5.41) is 3.21. The van der Waals surface area contributed by atoms with Crippen molar-refractivity contribution in [3.8, 4) is 0 Å². The number of pyridine rings is 1. The molecule has 21 heavy (non-hydrogen) atoms. The SMILES string of the molecule is CC.CC.CCNc1ccnc(C)c1.CN1CCCCC1. The number of anilines is 1. The van der Waals surface area contributed by atoms with E-state index in [9.17, 15) is 0 Å². The van der Waals surface area contributed by atoms with Gasteiger partial charge >= 0.3 is 0 Å². The number of nitrogens with zero attached hydrogens (tertiary/aromatic N) is 2. The molecule has 2 rings (SSSR count). The Kier molecular flexibility index (Phi) is 17.9. The summed E-state index contributed by atoms with van der Waals surface area (Å²) in [5.41, 5.74) is 2.20. The normalized spacial score (nSPS) is 13.5. The van der Waals surface area contributed by atoms with Crippen molar-refractivity contribution in [1.29, 1.82) is 0 Å². The molecule has 0 aliphatic carbocycles. The molecular formula is C18H37N3. The van der Waals surface area contributed by atoms with Crippen molar-refractivity contribution in [2.24, 2.45) is 0 Å². The van der Waals surface area contributed by atoms with E-state index in [0.29, 0.717) is 0 Å². The van der Waals surface area contributed by atoms with Crippen LogP contribution in [0.15, 0.2) is 18.3 Å². The molecule has 0 unspecified atom stereocenters. The van der Waals surface area contributed by atoms with Crippen LogP contribution in [0.2, 0.25) is 0 Å². The van der Waals surface area contributed by atoms with Gasteiger partial charge in [-0.05, 0) is 59.0 Å². The summed E-state index contributed by atoms with van der Waals surface area (Å²) in [6.45, 7) is 15.7. The van der Waals surface area contributed by atoms with Crippen LogP contribution in [0.3, 0.4) is 0 Å². The van der Waals surface area contributed by atoms with Crippen LogP contribution in [0.25, 0.3) is 0 Å². The van der Waals surface area contributed by atoms with Crippen molar-refractivity contribution in [3.05, 3.63) is 24.0 Å². The van der Waals surface area contributed by atoms with Crippen LogP contribution in [0.5, 0.6) is 0 Å². The maximum Gasteiger partial charge on any atom is 0.0393 e. The van der Waals surface area contributed by atoms with Crippen LogP contribution in [-0.2, 0) is 0 Å². The monoisotopic (exact) mass is 295 g/mol. The summed E-state index contributed by atoms with van der Waals surface area (Å²) in [4.78, 5) is 6.47. The summed E-state index contributed by atoms with van der Waals surface area (Å²) in [6.07, 6.45) is 6.09. The van der Waals surface area contributed by atoms with Crippen LogP contribution >= 0.6 is 0 Å². The molecule has 0 amide bonds. The second-order valence-electron chi connectivity index (χ2n) is 4.58. The van der Waals surface area contributed by atoms with Gasteiger partial charge in [-0.2, -0.15) is 0 Å². The molecule has 0 atom stereocenters. The molecule has 0 bridgehead atoms. The molecule has 0 radical (unpaired) electrons. The summed E-state index contributed by atoms with van der Waals surface area (Å²) in [6, 6.07) is 4.00. The Morgan fingerprint density at radius 2 is 1.67 bits per heavy atom. The van der Waals surface area contributed by atoms with Gasteiger partial charge in [-0.3, -0.25) is 4.98 Å². The molecule has 1 aliphatic heterocycles. The first-order valence-electron chi connectivity index (χ1n) is 8.57. The van der Waals surface area contributed by atoms with Crippen LogP contribution in [0.1, 0.15) is 59.6 Å². The van der Waals surface area contributed by atoms with Gasteiger partial charge in [-0.15, -0.1) is 0 Å². The van der Waals surface area contributed by atoms with Crippen molar-refractivity contribution < 1.29 is 0 Å². The number of piperidine rings is 1. The Morgan fingerprint density at radius 3 is 2.05 bits per heavy atom. The number of hydrogen-bond acceptors (Lipinski definition) is 3. The zero-order valence-electron chi connectivity index (χ0n) is 15.4. The fourth-order valence-electron chi connectivity index (χ4n) is 1.91. The molecule has 1 aliphatic rings. The third kappa shape index (κ3) is 13.6. The number of rotatable bonds is 2. The minimum Gasteiger partial charge on any atom is -0.385 e. The molecule has 1 aromatic heterocycles. The van der Waals surface area contributed by atoms with Gasteiger partial charge in [0, 0.05) is 24.1 Å². The lowest BCUT2D eigenvalue weighted by Crippen LogP contribution is -2.24. The molecule has 2 heterocycles. The second kappa shape index (κ2) is 17.0. The maximum absolute atomic E-state index is 4.08. The van der Waals surface area contributed by atoms with E-state index in [4.69, 9.17) is 0 Å². The van der Waals surface area contributed by atoms with Crippen molar-refractivity contribution in [2.45, 2.75) is 60.8 Å². The van der Waals surface area contributed by atoms with Gasteiger partial charge in [-0.1, -0.05) is 34.1 Å². The lowest BCUT2D eigenvalue weighted by atomic mass is 10.1. The molecular weight excluding hydrogens is 258 g/mol. The molecule has 1 saturated heterocycles. The van der Waals surface area contributed by atoms with E-state index in [0.717, 1.165) is 17.9 Å². The first-order chi connectivity index (χ1) is 10.2. The minimum atomic E-state index is 0.962. The molecule has 0 spiro atoms. The van der Waals surface area contributed by atoms with Crippen LogP contribution in [-0.4, -0.2) is 36.6 Å². The van der Waals surface area contributed by atoms with Gasteiger partial charge in [0.05, 0.1) is 0 Å². The predicted octanol–water partition coefficient (Wildman–Crippen LogP) is 4.98. The summed E-state index contributed by atoms with van der Waals surface area (Å²) < 4.78 is 0. The quantitative estimate of drug-likeness (QED) is 0.834. The first kappa shape index (κ1) is 22.2. The largest absolute Gasteiger partial charge is 0.385 e. The molecule has 124 valence electrons. The summed E-state index contributed by atoms with van der Waals surface area (Å²) in [5.74, 6) is 0. The van der Waals surface area contributed by atoms with E-state index in [-0.39, 0.29) is 0 Å². The van der Waals surface area contributed by atoms with Gasteiger partial charge in [0.15, 0.2) is 0 Å². The topological polar surface area (TPSA) is 28.2 Å². The maximum atomic E-state index is 4.08. The van der Waals surface area contributed by atoms with E-state index < -0.39 is 0 Å². The Balaban J connectivity index is 0. The molecule has 1 N–H and O–H groups in total. The first-order valence-corrected chi connectivity index (χ1v) is 8.57. The van der Waals surface area contributed by atoms with Crippen molar-refractivity contribution >= 4 is 5.69 Å². The lowest BCUT2D eigenvalue weighted by molar-refractivity contribution is 0.277. The molecule has 1 aromatic rings. The Bertz CT molecular complexity index is 307. The van der Waals surface area contributed by atoms with Crippen LogP contribution in [0.4, 0.5) is 5.69 Å². The third-order valence-corrected chi connectivity index (χ3v) is 2.86. The van der Waals surface area contributed by atoms with Crippen LogP contribution in [0, 0.1) is 6.92 Å². The van der Waals surface area contributed by atoms with Crippen LogP contribution < -0.4 is 5.32 Å². The Labute approximate surface area is 133 Å². The summed E-state index contributed by atoms with van der Waals surface area (Å²) >= 11 is 0. The third-order valence-electron chi connectivity index (χ3n) is 2.86. The summed E-state index contributed by atoms with van der Waals surface area (Å²) in [7, 11) is 2.19. The molecule has 3 nitrogen and oxygen atoms in total. The van der Waals surface area contributed by atoms with E-state index in [1.807, 2.05) is 52.9 Å². The Morgan fingerprint density at radius 1 is 1.10 bits per heavy atom. The van der Waals surface area contributed by atoms with E-state index >= 15 is 0 Å². The van der Waals surface area contributed by atoms with Gasteiger partial charge in [0.1, 0.15) is 0 Å². The van der Waals surface area contributed by atoms with E-state index in [1.165, 1.54) is 32.4 Å². The Hall–Kier alpha value is -1.09. The fourth-order valence-corrected chi connectivity index (χ4v) is 1.91. The van der Waals surface area contributed by atoms with E-state index in [2.05, 4.69) is 29.2 Å². The van der Waals surface area contributed by atoms with Gasteiger partial charge < -0.3 is 10.2 Å².